The molecule has 0 spiro atoms. The van der Waals surface area contributed by atoms with Crippen molar-refractivity contribution in [3.63, 3.8) is 0 Å². The molecule has 1 fully saturated rings. The van der Waals surface area contributed by atoms with Crippen molar-refractivity contribution in [2.75, 3.05) is 19.7 Å². The predicted molar refractivity (Wildman–Crippen MR) is 108 cm³/mol. The van der Waals surface area contributed by atoms with Crippen LogP contribution in [0.15, 0.2) is 30.5 Å². The first-order valence-corrected chi connectivity index (χ1v) is 10.0. The molecule has 1 aromatic carbocycles. The number of nitrogens with zero attached hydrogens (tertiary/aromatic N) is 1. The Morgan fingerprint density at radius 3 is 2.73 bits per heavy atom. The number of carbonyl (C=O) groups is 1. The van der Waals surface area contributed by atoms with Crippen molar-refractivity contribution in [3.8, 4) is 0 Å². The molecule has 3 rings (SSSR count). The number of esters is 1. The molecule has 0 radical (unpaired) electrons. The number of fused-ring (bicyclic) bond motifs is 3. The number of piperidine rings is 1. The van der Waals surface area contributed by atoms with E-state index in [-0.39, 0.29) is 5.97 Å². The van der Waals surface area contributed by atoms with Gasteiger partial charge in [-0.3, -0.25) is 9.69 Å². The van der Waals surface area contributed by atoms with E-state index in [1.807, 2.05) is 13.8 Å². The van der Waals surface area contributed by atoms with Crippen molar-refractivity contribution in [2.24, 2.45) is 11.7 Å². The first kappa shape index (κ1) is 20.5. The normalized spacial score (nSPS) is 26.3. The Bertz CT molecular complexity index is 626. The van der Waals surface area contributed by atoms with Gasteiger partial charge in [0.05, 0.1) is 6.61 Å². The quantitative estimate of drug-likeness (QED) is 0.821. The van der Waals surface area contributed by atoms with E-state index in [9.17, 15) is 4.79 Å². The van der Waals surface area contributed by atoms with Crippen molar-refractivity contribution in [2.45, 2.75) is 58.9 Å². The van der Waals surface area contributed by atoms with Gasteiger partial charge >= 0.3 is 5.97 Å². The van der Waals surface area contributed by atoms with Gasteiger partial charge in [0.15, 0.2) is 0 Å². The molecule has 1 aliphatic heterocycles. The molecule has 0 amide bonds. The first-order valence-electron chi connectivity index (χ1n) is 10.0. The molecule has 144 valence electrons. The summed E-state index contributed by atoms with van der Waals surface area (Å²) in [6.07, 6.45) is 5.00. The van der Waals surface area contributed by atoms with Crippen LogP contribution in [0.1, 0.15) is 64.0 Å². The Kier molecular flexibility index (Phi) is 7.70. The number of hydrogen-bond acceptors (Lipinski definition) is 4. The first-order chi connectivity index (χ1) is 12.6. The van der Waals surface area contributed by atoms with Crippen LogP contribution in [0.5, 0.6) is 0 Å². The third kappa shape index (κ3) is 4.47. The number of likely N-dealkylation sites (tertiary alicyclic amines) is 1. The molecule has 26 heavy (non-hydrogen) atoms. The van der Waals surface area contributed by atoms with Crippen molar-refractivity contribution in [1.82, 2.24) is 4.90 Å². The zero-order chi connectivity index (χ0) is 19.1. The number of rotatable bonds is 4. The zero-order valence-corrected chi connectivity index (χ0v) is 16.7. The maximum Gasteiger partial charge on any atom is 0.302 e. The number of ether oxygens (including phenoxy) is 1. The van der Waals surface area contributed by atoms with Gasteiger partial charge in [-0.25, -0.2) is 0 Å². The van der Waals surface area contributed by atoms with E-state index in [0.29, 0.717) is 24.5 Å². The Balaban J connectivity index is 0.00000117. The lowest BCUT2D eigenvalue weighted by Gasteiger charge is -2.48. The molecule has 2 N–H and O–H groups in total. The Morgan fingerprint density at radius 2 is 2.08 bits per heavy atom. The number of hydrogen-bond donors (Lipinski definition) is 1. The van der Waals surface area contributed by atoms with Gasteiger partial charge in [-0.2, -0.15) is 0 Å². The average molecular weight is 359 g/mol. The Morgan fingerprint density at radius 1 is 1.35 bits per heavy atom. The summed E-state index contributed by atoms with van der Waals surface area (Å²) < 4.78 is 5.32. The third-order valence-corrected chi connectivity index (χ3v) is 5.38. The van der Waals surface area contributed by atoms with Gasteiger partial charge in [-0.05, 0) is 48.7 Å². The Hall–Kier alpha value is -1.81. The molecule has 0 bridgehead atoms. The number of nitrogens with two attached hydrogens (primary N) is 1. The molecule has 1 saturated heterocycles. The van der Waals surface area contributed by atoms with E-state index < -0.39 is 0 Å². The van der Waals surface area contributed by atoms with Crippen LogP contribution in [-0.2, 0) is 9.53 Å². The smallest absolute Gasteiger partial charge is 0.302 e. The summed E-state index contributed by atoms with van der Waals surface area (Å²) in [6.45, 7) is 10.3. The van der Waals surface area contributed by atoms with Crippen LogP contribution in [0, 0.1) is 5.92 Å². The molecular formula is C22H34N2O2. The minimum atomic E-state index is -0.184. The van der Waals surface area contributed by atoms with Crippen LogP contribution in [-0.4, -0.2) is 36.6 Å². The molecule has 2 aliphatic rings. The van der Waals surface area contributed by atoms with Gasteiger partial charge in [0.25, 0.3) is 0 Å². The van der Waals surface area contributed by atoms with Crippen molar-refractivity contribution in [3.05, 3.63) is 41.6 Å². The molecular weight excluding hydrogens is 324 g/mol. The molecule has 1 heterocycles. The van der Waals surface area contributed by atoms with Crippen molar-refractivity contribution >= 4 is 11.5 Å². The summed E-state index contributed by atoms with van der Waals surface area (Å²) in [5.74, 6) is 0.709. The van der Waals surface area contributed by atoms with Crippen molar-refractivity contribution in [1.29, 1.82) is 0 Å². The predicted octanol–water partition coefficient (Wildman–Crippen LogP) is 4.16. The molecule has 4 heteroatoms. The maximum absolute atomic E-state index is 11.2. The van der Waals surface area contributed by atoms with E-state index in [0.717, 1.165) is 32.4 Å². The summed E-state index contributed by atoms with van der Waals surface area (Å²) in [5.41, 5.74) is 9.88. The van der Waals surface area contributed by atoms with Crippen LogP contribution in [0.3, 0.4) is 0 Å². The second kappa shape index (κ2) is 9.77. The summed E-state index contributed by atoms with van der Waals surface area (Å²) >= 11 is 0. The van der Waals surface area contributed by atoms with Gasteiger partial charge < -0.3 is 10.5 Å². The molecule has 3 atom stereocenters. The monoisotopic (exact) mass is 358 g/mol. The van der Waals surface area contributed by atoms with Gasteiger partial charge in [0.1, 0.15) is 0 Å². The fourth-order valence-electron chi connectivity index (χ4n) is 4.42. The lowest BCUT2D eigenvalue weighted by Crippen LogP contribution is -2.50. The summed E-state index contributed by atoms with van der Waals surface area (Å²) in [6, 6.07) is 9.14. The summed E-state index contributed by atoms with van der Waals surface area (Å²) in [4.78, 5) is 13.8. The highest BCUT2D eigenvalue weighted by Crippen LogP contribution is 2.46. The number of carbonyl (C=O) groups excluding carboxylic acids is 1. The minimum absolute atomic E-state index is 0.184. The highest BCUT2D eigenvalue weighted by atomic mass is 16.5. The molecule has 1 aromatic rings. The molecule has 1 aliphatic carbocycles. The van der Waals surface area contributed by atoms with Gasteiger partial charge in [-0.15, -0.1) is 0 Å². The van der Waals surface area contributed by atoms with Crippen molar-refractivity contribution < 1.29 is 9.53 Å². The fraction of sp³-hybridized carbons (Fsp3) is 0.591. The molecule has 4 nitrogen and oxygen atoms in total. The van der Waals surface area contributed by atoms with E-state index in [2.05, 4.69) is 36.1 Å². The number of benzene rings is 1. The third-order valence-electron chi connectivity index (χ3n) is 5.38. The summed E-state index contributed by atoms with van der Waals surface area (Å²) in [5, 5.41) is 0. The van der Waals surface area contributed by atoms with Crippen LogP contribution in [0.4, 0.5) is 0 Å². The van der Waals surface area contributed by atoms with E-state index in [4.69, 9.17) is 10.5 Å². The zero-order valence-electron chi connectivity index (χ0n) is 16.7. The highest BCUT2D eigenvalue weighted by Gasteiger charge is 2.41. The fourth-order valence-corrected chi connectivity index (χ4v) is 4.42. The minimum Gasteiger partial charge on any atom is -0.466 e. The largest absolute Gasteiger partial charge is 0.466 e. The van der Waals surface area contributed by atoms with Crippen LogP contribution >= 0.6 is 0 Å². The van der Waals surface area contributed by atoms with E-state index in [1.165, 1.54) is 23.6 Å². The molecule has 3 unspecified atom stereocenters. The average Bonchev–Trinajstić information content (AvgIpc) is 2.67. The second-order valence-corrected chi connectivity index (χ2v) is 7.06. The highest BCUT2D eigenvalue weighted by molar-refractivity contribution is 5.71. The standard InChI is InChI=1S/C20H28N2O2.C2H6/c1-3-8-22-12-15(13-24-14(2)23)9-19-18-7-5-4-6-17(18)16(11-21)10-20(19)22;1-2/h4-7,11,15,19-20H,3,8-10,12-13,21H2,1-2H3;1-2H3/b16-11-;. The van der Waals surface area contributed by atoms with Gasteiger partial charge in [-0.1, -0.05) is 45.0 Å². The van der Waals surface area contributed by atoms with E-state index >= 15 is 0 Å². The Labute approximate surface area is 158 Å². The van der Waals surface area contributed by atoms with Gasteiger partial charge in [0, 0.05) is 31.3 Å². The topological polar surface area (TPSA) is 55.6 Å². The van der Waals surface area contributed by atoms with Crippen LogP contribution in [0.25, 0.3) is 5.57 Å². The molecule has 0 aromatic heterocycles. The maximum atomic E-state index is 11.2. The summed E-state index contributed by atoms with van der Waals surface area (Å²) in [7, 11) is 0. The lowest BCUT2D eigenvalue weighted by atomic mass is 9.70. The second-order valence-electron chi connectivity index (χ2n) is 7.06. The van der Waals surface area contributed by atoms with Crippen LogP contribution < -0.4 is 5.73 Å². The molecule has 0 saturated carbocycles. The SMILES string of the molecule is CC.CCCN1CC(COC(C)=O)CC2c3ccccc3/C(=C\N)CC21. The van der Waals surface area contributed by atoms with Crippen LogP contribution in [0.2, 0.25) is 0 Å². The van der Waals surface area contributed by atoms with Gasteiger partial charge in [0.2, 0.25) is 0 Å². The lowest BCUT2D eigenvalue weighted by molar-refractivity contribution is -0.143. The van der Waals surface area contributed by atoms with E-state index in [1.54, 1.807) is 6.20 Å².